The smallest absolute Gasteiger partial charge is 0.323 e. The van der Waals surface area contributed by atoms with Crippen LogP contribution in [0.2, 0.25) is 0 Å². The lowest BCUT2D eigenvalue weighted by atomic mass is 10.1. The highest BCUT2D eigenvalue weighted by Gasteiger charge is 2.07. The van der Waals surface area contributed by atoms with Crippen LogP contribution in [0.15, 0.2) is 45.9 Å². The largest absolute Gasteiger partial charge is 0.361 e. The molecule has 0 saturated carbocycles. The number of hydrogen-bond acceptors (Lipinski definition) is 5. The number of thiophene rings is 1. The molecule has 3 heterocycles. The summed E-state index contributed by atoms with van der Waals surface area (Å²) in [4.78, 5) is 22.8. The Labute approximate surface area is 140 Å². The quantitative estimate of drug-likeness (QED) is 0.518. The number of aromatic amines is 2. The molecule has 0 saturated heterocycles. The predicted molar refractivity (Wildman–Crippen MR) is 96.5 cm³/mol. The minimum absolute atomic E-state index is 0.189. The van der Waals surface area contributed by atoms with Crippen molar-refractivity contribution in [2.75, 3.05) is 11.9 Å². The minimum atomic E-state index is -0.189. The topological polar surface area (TPSA) is 73.6 Å². The highest BCUT2D eigenvalue weighted by molar-refractivity contribution is 7.14. The van der Waals surface area contributed by atoms with Crippen molar-refractivity contribution in [3.63, 3.8) is 0 Å². The highest BCUT2D eigenvalue weighted by atomic mass is 32.1. The van der Waals surface area contributed by atoms with E-state index in [1.165, 1.54) is 4.88 Å². The van der Waals surface area contributed by atoms with Gasteiger partial charge in [0.2, 0.25) is 0 Å². The van der Waals surface area contributed by atoms with Crippen molar-refractivity contribution in [2.24, 2.45) is 0 Å². The summed E-state index contributed by atoms with van der Waals surface area (Å²) in [6, 6.07) is 10.0. The second-order valence-corrected chi connectivity index (χ2v) is 7.02. The van der Waals surface area contributed by atoms with Crippen molar-refractivity contribution in [1.29, 1.82) is 0 Å². The number of aromatic nitrogens is 3. The van der Waals surface area contributed by atoms with Crippen molar-refractivity contribution >= 4 is 38.8 Å². The summed E-state index contributed by atoms with van der Waals surface area (Å²) in [7, 11) is 0. The summed E-state index contributed by atoms with van der Waals surface area (Å²) in [6.07, 6.45) is 1.00. The lowest BCUT2D eigenvalue weighted by Crippen LogP contribution is -2.03. The molecule has 4 aromatic rings. The van der Waals surface area contributed by atoms with Crippen molar-refractivity contribution < 1.29 is 0 Å². The third-order valence-corrected chi connectivity index (χ3v) is 5.28. The molecule has 23 heavy (non-hydrogen) atoms. The predicted octanol–water partition coefficient (Wildman–Crippen LogP) is 3.70. The SMILES string of the molecule is O=c1[nH]c2ccc(-c3csc(NCCc4cccs4)n3)cc2[nH]1. The number of H-pyrrole nitrogens is 2. The minimum Gasteiger partial charge on any atom is -0.361 e. The van der Waals surface area contributed by atoms with Crippen molar-refractivity contribution in [1.82, 2.24) is 15.0 Å². The van der Waals surface area contributed by atoms with Gasteiger partial charge in [-0.2, -0.15) is 0 Å². The van der Waals surface area contributed by atoms with Crippen molar-refractivity contribution in [3.05, 3.63) is 56.5 Å². The van der Waals surface area contributed by atoms with Gasteiger partial charge in [0.15, 0.2) is 5.13 Å². The number of hydrogen-bond donors (Lipinski definition) is 3. The van der Waals surface area contributed by atoms with E-state index >= 15 is 0 Å². The van der Waals surface area contributed by atoms with E-state index in [0.717, 1.165) is 40.4 Å². The van der Waals surface area contributed by atoms with Crippen LogP contribution in [0.1, 0.15) is 4.88 Å². The first-order valence-electron chi connectivity index (χ1n) is 7.22. The van der Waals surface area contributed by atoms with Gasteiger partial charge in [-0.1, -0.05) is 12.1 Å². The van der Waals surface area contributed by atoms with E-state index in [-0.39, 0.29) is 5.69 Å². The summed E-state index contributed by atoms with van der Waals surface area (Å²) in [5.41, 5.74) is 3.33. The number of benzene rings is 1. The number of nitrogens with zero attached hydrogens (tertiary/aromatic N) is 1. The Morgan fingerprint density at radius 2 is 2.04 bits per heavy atom. The number of imidazole rings is 1. The van der Waals surface area contributed by atoms with Gasteiger partial charge in [-0.3, -0.25) is 0 Å². The second kappa shape index (κ2) is 6.02. The van der Waals surface area contributed by atoms with Gasteiger partial charge in [0.25, 0.3) is 0 Å². The van der Waals surface area contributed by atoms with Crippen LogP contribution in [0.5, 0.6) is 0 Å². The molecule has 0 aliphatic rings. The van der Waals surface area contributed by atoms with E-state index in [4.69, 9.17) is 0 Å². The molecule has 0 bridgehead atoms. The zero-order valence-electron chi connectivity index (χ0n) is 12.1. The normalized spacial score (nSPS) is 11.1. The fourth-order valence-corrected chi connectivity index (χ4v) is 3.88. The fourth-order valence-electron chi connectivity index (χ4n) is 2.43. The summed E-state index contributed by atoms with van der Waals surface area (Å²) in [5, 5.41) is 8.40. The molecule has 0 spiro atoms. The average Bonchev–Trinajstić information content (AvgIpc) is 3.25. The Hall–Kier alpha value is -2.38. The molecule has 0 unspecified atom stereocenters. The zero-order chi connectivity index (χ0) is 15.6. The number of nitrogens with one attached hydrogen (secondary N) is 3. The van der Waals surface area contributed by atoms with Gasteiger partial charge >= 0.3 is 5.69 Å². The van der Waals surface area contributed by atoms with Gasteiger partial charge in [-0.05, 0) is 30.0 Å². The van der Waals surface area contributed by atoms with Crippen molar-refractivity contribution in [3.8, 4) is 11.3 Å². The molecule has 4 rings (SSSR count). The van der Waals surface area contributed by atoms with Gasteiger partial charge < -0.3 is 15.3 Å². The van der Waals surface area contributed by atoms with Crippen LogP contribution in [0.4, 0.5) is 5.13 Å². The first-order valence-corrected chi connectivity index (χ1v) is 8.98. The van der Waals surface area contributed by atoms with E-state index in [1.54, 1.807) is 22.7 Å². The monoisotopic (exact) mass is 342 g/mol. The molecule has 5 nitrogen and oxygen atoms in total. The highest BCUT2D eigenvalue weighted by Crippen LogP contribution is 2.26. The summed E-state index contributed by atoms with van der Waals surface area (Å²) >= 11 is 3.37. The molecular formula is C16H14N4OS2. The van der Waals surface area contributed by atoms with E-state index in [9.17, 15) is 4.79 Å². The molecule has 0 fully saturated rings. The molecule has 116 valence electrons. The Balaban J connectivity index is 1.48. The van der Waals surface area contributed by atoms with Gasteiger partial charge in [-0.15, -0.1) is 22.7 Å². The first-order chi connectivity index (χ1) is 11.3. The summed E-state index contributed by atoms with van der Waals surface area (Å²) < 4.78 is 0. The van der Waals surface area contributed by atoms with Crippen molar-refractivity contribution in [2.45, 2.75) is 6.42 Å². The van der Waals surface area contributed by atoms with Gasteiger partial charge in [0.1, 0.15) is 0 Å². The molecule has 3 aromatic heterocycles. The summed E-state index contributed by atoms with van der Waals surface area (Å²) in [5.74, 6) is 0. The van der Waals surface area contributed by atoms with Crippen LogP contribution in [-0.4, -0.2) is 21.5 Å². The Morgan fingerprint density at radius 1 is 1.13 bits per heavy atom. The standard InChI is InChI=1S/C16H14N4OS2/c21-15-18-12-4-3-10(8-13(12)19-15)14-9-23-16(20-14)17-6-5-11-2-1-7-22-11/h1-4,7-9H,5-6H2,(H,17,20)(H2,18,19,21). The van der Waals surface area contributed by atoms with Gasteiger partial charge in [-0.25, -0.2) is 9.78 Å². The number of anilines is 1. The molecule has 0 radical (unpaired) electrons. The van der Waals surface area contributed by atoms with E-state index < -0.39 is 0 Å². The van der Waals surface area contributed by atoms with Crippen LogP contribution >= 0.6 is 22.7 Å². The van der Waals surface area contributed by atoms with Crippen LogP contribution in [-0.2, 0) is 6.42 Å². The Morgan fingerprint density at radius 3 is 2.91 bits per heavy atom. The number of fused-ring (bicyclic) bond motifs is 1. The van der Waals surface area contributed by atoms with Gasteiger partial charge in [0, 0.05) is 22.4 Å². The maximum atomic E-state index is 11.3. The zero-order valence-corrected chi connectivity index (χ0v) is 13.8. The average molecular weight is 342 g/mol. The Kier molecular flexibility index (Phi) is 3.72. The fraction of sp³-hybridized carbons (Fsp3) is 0.125. The number of rotatable bonds is 5. The lowest BCUT2D eigenvalue weighted by Gasteiger charge is -2.00. The Bertz CT molecular complexity index is 981. The molecule has 0 atom stereocenters. The van der Waals surface area contributed by atoms with E-state index in [1.807, 2.05) is 23.6 Å². The summed E-state index contributed by atoms with van der Waals surface area (Å²) in [6.45, 7) is 0.873. The molecule has 0 aliphatic heterocycles. The number of thiazole rings is 1. The van der Waals surface area contributed by atoms with Crippen LogP contribution in [0.25, 0.3) is 22.3 Å². The maximum absolute atomic E-state index is 11.3. The molecule has 3 N–H and O–H groups in total. The van der Waals surface area contributed by atoms with Crippen LogP contribution in [0, 0.1) is 0 Å². The second-order valence-electron chi connectivity index (χ2n) is 5.13. The third kappa shape index (κ3) is 3.06. The maximum Gasteiger partial charge on any atom is 0.323 e. The molecule has 7 heteroatoms. The molecule has 1 aromatic carbocycles. The van der Waals surface area contributed by atoms with Crippen LogP contribution < -0.4 is 11.0 Å². The lowest BCUT2D eigenvalue weighted by molar-refractivity contribution is 1.04. The molecule has 0 amide bonds. The molecular weight excluding hydrogens is 328 g/mol. The molecule has 0 aliphatic carbocycles. The van der Waals surface area contributed by atoms with E-state index in [0.29, 0.717) is 0 Å². The van der Waals surface area contributed by atoms with Gasteiger partial charge in [0.05, 0.1) is 16.7 Å². The third-order valence-electron chi connectivity index (χ3n) is 3.54. The first kappa shape index (κ1) is 14.2. The van der Waals surface area contributed by atoms with Crippen LogP contribution in [0.3, 0.4) is 0 Å². The van der Waals surface area contributed by atoms with E-state index in [2.05, 4.69) is 37.8 Å².